The van der Waals surface area contributed by atoms with Crippen molar-refractivity contribution in [1.29, 1.82) is 0 Å². The van der Waals surface area contributed by atoms with Crippen molar-refractivity contribution in [2.45, 2.75) is 20.3 Å². The fourth-order valence-corrected chi connectivity index (χ4v) is 2.48. The summed E-state index contributed by atoms with van der Waals surface area (Å²) in [5, 5.41) is 9.96. The Morgan fingerprint density at radius 3 is 2.57 bits per heavy atom. The number of phenols is 1. The highest BCUT2D eigenvalue weighted by atomic mass is 16.5. The molecule has 1 N–H and O–H groups in total. The Hall–Kier alpha value is -2.49. The largest absolute Gasteiger partial charge is 0.507 e. The van der Waals surface area contributed by atoms with E-state index < -0.39 is 0 Å². The van der Waals surface area contributed by atoms with Gasteiger partial charge in [0.1, 0.15) is 11.5 Å². The van der Waals surface area contributed by atoms with Crippen molar-refractivity contribution in [1.82, 2.24) is 0 Å². The summed E-state index contributed by atoms with van der Waals surface area (Å²) in [4.78, 5) is 12.3. The van der Waals surface area contributed by atoms with Crippen molar-refractivity contribution in [3.8, 4) is 5.75 Å². The van der Waals surface area contributed by atoms with Crippen LogP contribution in [0.4, 0.5) is 0 Å². The number of phenolic OH excluding ortho intramolecular Hbond substituents is 1. The van der Waals surface area contributed by atoms with E-state index in [0.29, 0.717) is 17.7 Å². The van der Waals surface area contributed by atoms with Gasteiger partial charge in [0.05, 0.1) is 19.8 Å². The molecule has 1 unspecified atom stereocenters. The monoisotopic (exact) mass is 314 g/mol. The molecular weight excluding hydrogens is 292 g/mol. The smallest absolute Gasteiger partial charge is 0.189 e. The quantitative estimate of drug-likeness (QED) is 0.663. The number of hydrogen-bond acceptors (Lipinski definition) is 4. The standard InChI is InChI=1S/C19H22O4/c1-12-9-15(17(21)10-13(12)2)16(20)7-5-14-6-8-18(22-3)19(11-14)23-4/h5-10,14,21H,11H2,1-4H3. The molecule has 0 heterocycles. The molecule has 0 spiro atoms. The summed E-state index contributed by atoms with van der Waals surface area (Å²) in [7, 11) is 3.20. The van der Waals surface area contributed by atoms with Gasteiger partial charge >= 0.3 is 0 Å². The van der Waals surface area contributed by atoms with Crippen LogP contribution in [0.1, 0.15) is 27.9 Å². The van der Waals surface area contributed by atoms with Gasteiger partial charge in [-0.1, -0.05) is 12.2 Å². The lowest BCUT2D eigenvalue weighted by atomic mass is 9.96. The second-order valence-corrected chi connectivity index (χ2v) is 5.60. The predicted octanol–water partition coefficient (Wildman–Crippen LogP) is 3.83. The van der Waals surface area contributed by atoms with E-state index in [4.69, 9.17) is 9.47 Å². The SMILES string of the molecule is COC1=C(OC)CC(C=CC(=O)c2cc(C)c(C)cc2O)C=C1. The number of carbonyl (C=O) groups is 1. The number of methoxy groups -OCH3 is 2. The van der Waals surface area contributed by atoms with Crippen LogP contribution in [-0.2, 0) is 9.47 Å². The minimum absolute atomic E-state index is 0.0149. The third-order valence-electron chi connectivity index (χ3n) is 4.03. The second-order valence-electron chi connectivity index (χ2n) is 5.60. The van der Waals surface area contributed by atoms with Gasteiger partial charge in [0.25, 0.3) is 0 Å². The zero-order valence-electron chi connectivity index (χ0n) is 13.9. The molecule has 0 bridgehead atoms. The molecule has 0 amide bonds. The lowest BCUT2D eigenvalue weighted by molar-refractivity contribution is 0.104. The summed E-state index contributed by atoms with van der Waals surface area (Å²) < 4.78 is 10.5. The number of ketones is 1. The van der Waals surface area contributed by atoms with Gasteiger partial charge in [-0.2, -0.15) is 0 Å². The minimum atomic E-state index is -0.209. The normalized spacial score (nSPS) is 17.7. The summed E-state index contributed by atoms with van der Waals surface area (Å²) >= 11 is 0. The molecule has 4 nitrogen and oxygen atoms in total. The molecule has 0 radical (unpaired) electrons. The fourth-order valence-electron chi connectivity index (χ4n) is 2.48. The summed E-state index contributed by atoms with van der Waals surface area (Å²) in [6.45, 7) is 3.82. The first kappa shape index (κ1) is 16.9. The molecule has 122 valence electrons. The summed E-state index contributed by atoms with van der Waals surface area (Å²) in [5.41, 5.74) is 2.26. The maximum Gasteiger partial charge on any atom is 0.189 e. The van der Waals surface area contributed by atoms with E-state index in [1.807, 2.05) is 32.1 Å². The number of carbonyl (C=O) groups excluding carboxylic acids is 1. The van der Waals surface area contributed by atoms with Gasteiger partial charge in [-0.3, -0.25) is 4.79 Å². The number of benzene rings is 1. The molecule has 0 aliphatic heterocycles. The number of hydrogen-bond donors (Lipinski definition) is 1. The fraction of sp³-hybridized carbons (Fsp3) is 0.316. The number of aryl methyl sites for hydroxylation is 2. The van der Waals surface area contributed by atoms with Gasteiger partial charge < -0.3 is 14.6 Å². The highest BCUT2D eigenvalue weighted by molar-refractivity contribution is 6.06. The molecule has 1 aliphatic carbocycles. The Bertz CT molecular complexity index is 696. The lowest BCUT2D eigenvalue weighted by Crippen LogP contribution is -2.07. The number of aromatic hydroxyl groups is 1. The molecule has 0 aromatic heterocycles. The first-order chi connectivity index (χ1) is 11.0. The Balaban J connectivity index is 2.13. The van der Waals surface area contributed by atoms with Crippen molar-refractivity contribution in [2.24, 2.45) is 5.92 Å². The summed E-state index contributed by atoms with van der Waals surface area (Å²) in [6, 6.07) is 3.34. The van der Waals surface area contributed by atoms with Crippen LogP contribution in [0, 0.1) is 19.8 Å². The van der Waals surface area contributed by atoms with Crippen LogP contribution >= 0.6 is 0 Å². The first-order valence-electron chi connectivity index (χ1n) is 7.48. The van der Waals surface area contributed by atoms with Crippen molar-refractivity contribution in [3.05, 3.63) is 64.6 Å². The molecule has 2 rings (SSSR count). The summed E-state index contributed by atoms with van der Waals surface area (Å²) in [5.74, 6) is 1.32. The highest BCUT2D eigenvalue weighted by Gasteiger charge is 2.17. The first-order valence-corrected chi connectivity index (χ1v) is 7.48. The number of ether oxygens (including phenoxy) is 2. The molecule has 1 atom stereocenters. The molecule has 1 aromatic rings. The molecule has 4 heteroatoms. The van der Waals surface area contributed by atoms with Crippen LogP contribution in [0.3, 0.4) is 0 Å². The van der Waals surface area contributed by atoms with Crippen LogP contribution in [-0.4, -0.2) is 25.1 Å². The van der Waals surface area contributed by atoms with Gasteiger partial charge in [-0.05, 0) is 49.3 Å². The molecule has 23 heavy (non-hydrogen) atoms. The van der Waals surface area contributed by atoms with Crippen LogP contribution in [0.15, 0.2) is 48.0 Å². The minimum Gasteiger partial charge on any atom is -0.507 e. The number of rotatable bonds is 5. The molecule has 1 aliphatic rings. The van der Waals surface area contributed by atoms with Crippen molar-refractivity contribution in [2.75, 3.05) is 14.2 Å². The Labute approximate surface area is 136 Å². The molecular formula is C19H22O4. The zero-order chi connectivity index (χ0) is 17.0. The van der Waals surface area contributed by atoms with Crippen LogP contribution in [0.25, 0.3) is 0 Å². The van der Waals surface area contributed by atoms with Gasteiger partial charge in [-0.25, -0.2) is 0 Å². The molecule has 0 saturated heterocycles. The van der Waals surface area contributed by atoms with Crippen molar-refractivity contribution >= 4 is 5.78 Å². The maximum atomic E-state index is 12.3. The third-order valence-corrected chi connectivity index (χ3v) is 4.03. The second kappa shape index (κ2) is 7.18. The third kappa shape index (κ3) is 3.83. The highest BCUT2D eigenvalue weighted by Crippen LogP contribution is 2.26. The predicted molar refractivity (Wildman–Crippen MR) is 89.3 cm³/mol. The van der Waals surface area contributed by atoms with Crippen LogP contribution < -0.4 is 0 Å². The Morgan fingerprint density at radius 1 is 1.22 bits per heavy atom. The van der Waals surface area contributed by atoms with Crippen molar-refractivity contribution < 1.29 is 19.4 Å². The Morgan fingerprint density at radius 2 is 1.91 bits per heavy atom. The van der Waals surface area contributed by atoms with Gasteiger partial charge in [0, 0.05) is 12.3 Å². The van der Waals surface area contributed by atoms with Crippen molar-refractivity contribution in [3.63, 3.8) is 0 Å². The van der Waals surface area contributed by atoms with E-state index in [1.54, 1.807) is 26.4 Å². The van der Waals surface area contributed by atoms with E-state index in [0.717, 1.165) is 16.9 Å². The molecule has 0 fully saturated rings. The zero-order valence-corrected chi connectivity index (χ0v) is 13.9. The lowest BCUT2D eigenvalue weighted by Gasteiger charge is -2.18. The van der Waals surface area contributed by atoms with Crippen LogP contribution in [0.2, 0.25) is 0 Å². The number of allylic oxidation sites excluding steroid dienone is 5. The Kier molecular flexibility index (Phi) is 5.27. The van der Waals surface area contributed by atoms with E-state index in [9.17, 15) is 9.90 Å². The molecule has 0 saturated carbocycles. The van der Waals surface area contributed by atoms with E-state index in [2.05, 4.69) is 0 Å². The summed E-state index contributed by atoms with van der Waals surface area (Å²) in [6.07, 6.45) is 7.77. The average Bonchev–Trinajstić information content (AvgIpc) is 2.55. The van der Waals surface area contributed by atoms with E-state index in [-0.39, 0.29) is 17.5 Å². The van der Waals surface area contributed by atoms with Gasteiger partial charge in [0.15, 0.2) is 11.5 Å². The van der Waals surface area contributed by atoms with E-state index >= 15 is 0 Å². The molecule has 1 aromatic carbocycles. The average molecular weight is 314 g/mol. The van der Waals surface area contributed by atoms with E-state index in [1.165, 1.54) is 6.08 Å². The maximum absolute atomic E-state index is 12.3. The van der Waals surface area contributed by atoms with Gasteiger partial charge in [0.2, 0.25) is 0 Å². The van der Waals surface area contributed by atoms with Gasteiger partial charge in [-0.15, -0.1) is 0 Å². The topological polar surface area (TPSA) is 55.8 Å². The van der Waals surface area contributed by atoms with Crippen LogP contribution in [0.5, 0.6) is 5.75 Å².